The van der Waals surface area contributed by atoms with E-state index in [1.54, 1.807) is 0 Å². The zero-order valence-electron chi connectivity index (χ0n) is 15.9. The van der Waals surface area contributed by atoms with Gasteiger partial charge in [0.05, 0.1) is 0 Å². The molecule has 2 aromatic rings. The Bertz CT molecular complexity index is 789. The van der Waals surface area contributed by atoms with Gasteiger partial charge >= 0.3 is 0 Å². The predicted octanol–water partition coefficient (Wildman–Crippen LogP) is 3.19. The first-order valence-corrected chi connectivity index (χ1v) is 9.10. The Morgan fingerprint density at radius 2 is 1.78 bits per heavy atom. The summed E-state index contributed by atoms with van der Waals surface area (Å²) < 4.78 is 0. The van der Waals surface area contributed by atoms with Gasteiger partial charge in [-0.05, 0) is 42.2 Å². The van der Waals surface area contributed by atoms with E-state index in [0.717, 1.165) is 31.0 Å². The van der Waals surface area contributed by atoms with Crippen molar-refractivity contribution < 1.29 is 4.79 Å². The number of hydrogen-bond donors (Lipinski definition) is 2. The summed E-state index contributed by atoms with van der Waals surface area (Å²) in [5.74, 6) is 0.877. The fraction of sp³-hybridized carbons (Fsp3) is 0.333. The van der Waals surface area contributed by atoms with Crippen LogP contribution in [-0.4, -0.2) is 36.9 Å². The zero-order chi connectivity index (χ0) is 18.4. The second kappa shape index (κ2) is 10.3. The van der Waals surface area contributed by atoms with Crippen molar-refractivity contribution in [2.45, 2.75) is 26.4 Å². The molecule has 1 amide bonds. The van der Waals surface area contributed by atoms with Crippen molar-refractivity contribution in [3.05, 3.63) is 70.8 Å². The third kappa shape index (κ3) is 5.45. The Kier molecular flexibility index (Phi) is 8.09. The second-order valence-electron chi connectivity index (χ2n) is 6.40. The van der Waals surface area contributed by atoms with Crippen LogP contribution < -0.4 is 10.6 Å². The fourth-order valence-electron chi connectivity index (χ4n) is 3.23. The Balaban J connectivity index is 0.00000261. The van der Waals surface area contributed by atoms with E-state index in [9.17, 15) is 4.79 Å². The number of nitrogens with zero attached hydrogens (tertiary/aromatic N) is 2. The first-order valence-electron chi connectivity index (χ1n) is 9.10. The lowest BCUT2D eigenvalue weighted by atomic mass is 10.0. The van der Waals surface area contributed by atoms with Gasteiger partial charge in [0, 0.05) is 38.8 Å². The van der Waals surface area contributed by atoms with E-state index in [4.69, 9.17) is 0 Å². The third-order valence-electron chi connectivity index (χ3n) is 4.65. The lowest BCUT2D eigenvalue weighted by Crippen LogP contribution is -2.43. The number of guanidine groups is 1. The molecule has 0 aromatic heterocycles. The number of carbonyl (C=O) groups is 1. The summed E-state index contributed by atoms with van der Waals surface area (Å²) in [6.45, 7) is 5.08. The first-order chi connectivity index (χ1) is 12.7. The minimum atomic E-state index is -0.0326. The minimum absolute atomic E-state index is 0. The summed E-state index contributed by atoms with van der Waals surface area (Å²) in [7, 11) is 1.82. The van der Waals surface area contributed by atoms with Crippen LogP contribution in [0.5, 0.6) is 0 Å². The van der Waals surface area contributed by atoms with Crippen molar-refractivity contribution >= 4 is 35.8 Å². The summed E-state index contributed by atoms with van der Waals surface area (Å²) in [6, 6.07) is 16.3. The van der Waals surface area contributed by atoms with Gasteiger partial charge in [0.15, 0.2) is 5.96 Å². The molecule has 1 aliphatic rings. The van der Waals surface area contributed by atoms with E-state index >= 15 is 0 Å². The van der Waals surface area contributed by atoms with Crippen molar-refractivity contribution in [2.75, 3.05) is 20.1 Å². The van der Waals surface area contributed by atoms with Crippen LogP contribution in [0.3, 0.4) is 0 Å². The number of hydrogen-bond acceptors (Lipinski definition) is 2. The second-order valence-corrected chi connectivity index (χ2v) is 6.40. The van der Waals surface area contributed by atoms with E-state index in [-0.39, 0.29) is 29.9 Å². The number of benzene rings is 2. The molecule has 5 nitrogen and oxygen atoms in total. The maximum Gasteiger partial charge on any atom is 0.251 e. The molecule has 27 heavy (non-hydrogen) atoms. The molecule has 0 aliphatic carbocycles. The molecule has 0 bridgehead atoms. The van der Waals surface area contributed by atoms with Gasteiger partial charge in [-0.2, -0.15) is 0 Å². The minimum Gasteiger partial charge on any atom is -0.352 e. The van der Waals surface area contributed by atoms with E-state index in [1.165, 1.54) is 11.1 Å². The number of carbonyl (C=O) groups excluding carboxylic acids is 1. The van der Waals surface area contributed by atoms with Crippen LogP contribution in [0, 0.1) is 0 Å². The summed E-state index contributed by atoms with van der Waals surface area (Å²) in [5.41, 5.74) is 4.61. The smallest absolute Gasteiger partial charge is 0.251 e. The van der Waals surface area contributed by atoms with Gasteiger partial charge in [0.1, 0.15) is 0 Å². The molecule has 0 spiro atoms. The normalized spacial score (nSPS) is 13.4. The number of amides is 1. The molecule has 0 saturated carbocycles. The van der Waals surface area contributed by atoms with E-state index in [2.05, 4.69) is 44.8 Å². The van der Waals surface area contributed by atoms with Crippen LogP contribution in [0.25, 0.3) is 0 Å². The maximum atomic E-state index is 11.8. The number of nitrogens with one attached hydrogen (secondary N) is 2. The summed E-state index contributed by atoms with van der Waals surface area (Å²) in [6.07, 6.45) is 1.04. The number of fused-ring (bicyclic) bond motifs is 1. The summed E-state index contributed by atoms with van der Waals surface area (Å²) in [5, 5.41) is 6.25. The number of rotatable bonds is 4. The van der Waals surface area contributed by atoms with Crippen LogP contribution in [0.1, 0.15) is 34.0 Å². The van der Waals surface area contributed by atoms with Crippen molar-refractivity contribution in [3.63, 3.8) is 0 Å². The monoisotopic (exact) mass is 478 g/mol. The molecule has 2 N–H and O–H groups in total. The first kappa shape index (κ1) is 21.2. The van der Waals surface area contributed by atoms with Crippen LogP contribution in [0.15, 0.2) is 53.5 Å². The zero-order valence-corrected chi connectivity index (χ0v) is 18.2. The van der Waals surface area contributed by atoms with Crippen molar-refractivity contribution in [1.29, 1.82) is 0 Å². The molecule has 1 aliphatic heterocycles. The highest BCUT2D eigenvalue weighted by Crippen LogP contribution is 2.18. The molecule has 3 rings (SSSR count). The average Bonchev–Trinajstić information content (AvgIpc) is 2.69. The van der Waals surface area contributed by atoms with Crippen LogP contribution in [0.4, 0.5) is 0 Å². The van der Waals surface area contributed by atoms with E-state index in [0.29, 0.717) is 18.7 Å². The summed E-state index contributed by atoms with van der Waals surface area (Å²) >= 11 is 0. The third-order valence-corrected chi connectivity index (χ3v) is 4.65. The molecule has 0 atom stereocenters. The standard InChI is InChI=1S/C21H26N4O.HI/c1-3-23-20(26)18-10-8-16(9-11-18)14-24-21(22-2)25-13-12-17-6-4-5-7-19(17)15-25;/h4-11H,3,12-15H2,1-2H3,(H,22,24)(H,23,26);1H. The molecule has 0 saturated heterocycles. The number of aliphatic imine (C=N–C) groups is 1. The van der Waals surface area contributed by atoms with Gasteiger partial charge in [0.25, 0.3) is 5.91 Å². The van der Waals surface area contributed by atoms with Crippen LogP contribution in [0.2, 0.25) is 0 Å². The van der Waals surface area contributed by atoms with Gasteiger partial charge in [-0.1, -0.05) is 36.4 Å². The van der Waals surface area contributed by atoms with Gasteiger partial charge < -0.3 is 15.5 Å². The van der Waals surface area contributed by atoms with Gasteiger partial charge in [-0.25, -0.2) is 0 Å². The van der Waals surface area contributed by atoms with Crippen LogP contribution >= 0.6 is 24.0 Å². The molecule has 0 unspecified atom stereocenters. The van der Waals surface area contributed by atoms with Gasteiger partial charge in [-0.15, -0.1) is 24.0 Å². The molecular weight excluding hydrogens is 451 g/mol. The van der Waals surface area contributed by atoms with Gasteiger partial charge in [0.2, 0.25) is 0 Å². The number of halogens is 1. The lowest BCUT2D eigenvalue weighted by Gasteiger charge is -2.31. The van der Waals surface area contributed by atoms with E-state index < -0.39 is 0 Å². The molecule has 144 valence electrons. The SMILES string of the molecule is CCNC(=O)c1ccc(CNC(=NC)N2CCc3ccccc3C2)cc1.I. The highest BCUT2D eigenvalue weighted by atomic mass is 127. The molecule has 6 heteroatoms. The highest BCUT2D eigenvalue weighted by molar-refractivity contribution is 14.0. The Labute approximate surface area is 178 Å². The van der Waals surface area contributed by atoms with Crippen molar-refractivity contribution in [3.8, 4) is 0 Å². The van der Waals surface area contributed by atoms with Gasteiger partial charge in [-0.3, -0.25) is 9.79 Å². The van der Waals surface area contributed by atoms with Crippen molar-refractivity contribution in [1.82, 2.24) is 15.5 Å². The highest BCUT2D eigenvalue weighted by Gasteiger charge is 2.18. The quantitative estimate of drug-likeness (QED) is 0.403. The molecule has 2 aromatic carbocycles. The predicted molar refractivity (Wildman–Crippen MR) is 121 cm³/mol. The largest absolute Gasteiger partial charge is 0.352 e. The average molecular weight is 478 g/mol. The van der Waals surface area contributed by atoms with E-state index in [1.807, 2.05) is 38.2 Å². The topological polar surface area (TPSA) is 56.7 Å². The Morgan fingerprint density at radius 1 is 1.07 bits per heavy atom. The maximum absolute atomic E-state index is 11.8. The Morgan fingerprint density at radius 3 is 2.44 bits per heavy atom. The molecular formula is C21H27IN4O. The fourth-order valence-corrected chi connectivity index (χ4v) is 3.23. The van der Waals surface area contributed by atoms with Crippen LogP contribution in [-0.2, 0) is 19.5 Å². The lowest BCUT2D eigenvalue weighted by molar-refractivity contribution is 0.0956. The molecule has 0 fully saturated rings. The molecule has 0 radical (unpaired) electrons. The summed E-state index contributed by atoms with van der Waals surface area (Å²) in [4.78, 5) is 18.5. The van der Waals surface area contributed by atoms with Crippen molar-refractivity contribution in [2.24, 2.45) is 4.99 Å². The molecule has 1 heterocycles. The Hall–Kier alpha value is -2.09.